The standard InChI is InChI=1S/C28H29F6NO5/c1-15(2)21(25(38)28(32,33)34)14-23(37)24(17-8-10-20(40-4)11-9-17)35-26(39)16(3)12-22(36)18-6-5-7-19(13-18)27(29,30)31/h5-11,13,15-16,21,24H,12,14H2,1-4H3,(H,35,39)/t16-,21+,24+/m1/s1. The van der Waals surface area contributed by atoms with Crippen LogP contribution in [0.15, 0.2) is 48.5 Å². The van der Waals surface area contributed by atoms with Crippen molar-refractivity contribution in [3.05, 3.63) is 65.2 Å². The fourth-order valence-corrected chi connectivity index (χ4v) is 3.96. The second-order valence-electron chi connectivity index (χ2n) is 9.70. The number of benzene rings is 2. The van der Waals surface area contributed by atoms with E-state index in [1.807, 2.05) is 0 Å². The predicted molar refractivity (Wildman–Crippen MR) is 132 cm³/mol. The second kappa shape index (κ2) is 13.1. The van der Waals surface area contributed by atoms with Gasteiger partial charge in [0.2, 0.25) is 11.7 Å². The van der Waals surface area contributed by atoms with E-state index in [0.717, 1.165) is 12.1 Å². The maximum absolute atomic E-state index is 13.2. The molecule has 1 N–H and O–H groups in total. The largest absolute Gasteiger partial charge is 0.497 e. The Bertz CT molecular complexity index is 1220. The molecule has 0 aliphatic carbocycles. The van der Waals surface area contributed by atoms with Crippen molar-refractivity contribution in [1.29, 1.82) is 0 Å². The molecular formula is C28H29F6NO5. The molecule has 40 heavy (non-hydrogen) atoms. The number of alkyl halides is 6. The summed E-state index contributed by atoms with van der Waals surface area (Å²) in [5.41, 5.74) is -1.10. The number of Topliss-reactive ketones (excluding diaryl/α,β-unsaturated/α-hetero) is 3. The summed E-state index contributed by atoms with van der Waals surface area (Å²) in [5.74, 6) is -7.77. The molecule has 3 atom stereocenters. The molecule has 2 rings (SSSR count). The van der Waals surface area contributed by atoms with Crippen LogP contribution in [0.2, 0.25) is 0 Å². The van der Waals surface area contributed by atoms with Crippen molar-refractivity contribution >= 4 is 23.3 Å². The lowest BCUT2D eigenvalue weighted by atomic mass is 9.84. The van der Waals surface area contributed by atoms with Gasteiger partial charge in [0.15, 0.2) is 11.6 Å². The summed E-state index contributed by atoms with van der Waals surface area (Å²) >= 11 is 0. The fourth-order valence-electron chi connectivity index (χ4n) is 3.96. The highest BCUT2D eigenvalue weighted by Gasteiger charge is 2.45. The molecule has 0 aromatic heterocycles. The maximum Gasteiger partial charge on any atom is 0.450 e. The van der Waals surface area contributed by atoms with Crippen LogP contribution in [0, 0.1) is 17.8 Å². The van der Waals surface area contributed by atoms with E-state index < -0.39 is 77.8 Å². The van der Waals surface area contributed by atoms with Crippen molar-refractivity contribution < 1.29 is 50.3 Å². The highest BCUT2D eigenvalue weighted by molar-refractivity contribution is 6.00. The van der Waals surface area contributed by atoms with Crippen LogP contribution in [0.4, 0.5) is 26.3 Å². The molecule has 0 saturated carbocycles. The van der Waals surface area contributed by atoms with Crippen LogP contribution in [0.3, 0.4) is 0 Å². The summed E-state index contributed by atoms with van der Waals surface area (Å²) in [7, 11) is 1.39. The van der Waals surface area contributed by atoms with Gasteiger partial charge in [-0.3, -0.25) is 19.2 Å². The zero-order chi connectivity index (χ0) is 30.4. The van der Waals surface area contributed by atoms with E-state index in [2.05, 4.69) is 5.32 Å². The van der Waals surface area contributed by atoms with E-state index in [1.54, 1.807) is 0 Å². The van der Waals surface area contributed by atoms with E-state index in [0.29, 0.717) is 11.8 Å². The van der Waals surface area contributed by atoms with Crippen LogP contribution >= 0.6 is 0 Å². The summed E-state index contributed by atoms with van der Waals surface area (Å²) in [5, 5.41) is 2.43. The number of carbonyl (C=O) groups excluding carboxylic acids is 4. The van der Waals surface area contributed by atoms with E-state index in [9.17, 15) is 45.5 Å². The Balaban J connectivity index is 2.28. The normalized spacial score (nSPS) is 14.3. The Morgan fingerprint density at radius 1 is 0.875 bits per heavy atom. The Labute approximate surface area is 227 Å². The van der Waals surface area contributed by atoms with E-state index >= 15 is 0 Å². The molecule has 0 saturated heterocycles. The first-order chi connectivity index (χ1) is 18.4. The van der Waals surface area contributed by atoms with Crippen LogP contribution in [0.25, 0.3) is 0 Å². The number of hydrogen-bond acceptors (Lipinski definition) is 5. The summed E-state index contributed by atoms with van der Waals surface area (Å²) in [6.07, 6.45) is -11.2. The molecule has 2 aromatic carbocycles. The molecule has 6 nitrogen and oxygen atoms in total. The average molecular weight is 574 g/mol. The number of rotatable bonds is 12. The Kier molecular flexibility index (Phi) is 10.6. The average Bonchev–Trinajstić information content (AvgIpc) is 2.88. The van der Waals surface area contributed by atoms with Crippen LogP contribution in [-0.4, -0.2) is 36.5 Å². The van der Waals surface area contributed by atoms with Crippen LogP contribution in [-0.2, 0) is 20.6 Å². The summed E-state index contributed by atoms with van der Waals surface area (Å²) in [6.45, 7) is 4.05. The Morgan fingerprint density at radius 3 is 1.98 bits per heavy atom. The molecule has 12 heteroatoms. The lowest BCUT2D eigenvalue weighted by molar-refractivity contribution is -0.177. The molecule has 0 aliphatic heterocycles. The van der Waals surface area contributed by atoms with Crippen molar-refractivity contribution in [2.24, 2.45) is 17.8 Å². The third-order valence-electron chi connectivity index (χ3n) is 6.35. The number of amides is 1. The first kappa shape index (κ1) is 32.5. The molecule has 0 bridgehead atoms. The molecule has 2 aromatic rings. The van der Waals surface area contributed by atoms with Gasteiger partial charge in [-0.15, -0.1) is 0 Å². The van der Waals surface area contributed by atoms with E-state index in [4.69, 9.17) is 4.74 Å². The monoisotopic (exact) mass is 573 g/mol. The van der Waals surface area contributed by atoms with E-state index in [1.165, 1.54) is 58.2 Å². The van der Waals surface area contributed by atoms with Crippen LogP contribution < -0.4 is 10.1 Å². The second-order valence-corrected chi connectivity index (χ2v) is 9.70. The topological polar surface area (TPSA) is 89.5 Å². The van der Waals surface area contributed by atoms with Gasteiger partial charge in [0.25, 0.3) is 0 Å². The highest BCUT2D eigenvalue weighted by atomic mass is 19.4. The molecule has 0 spiro atoms. The predicted octanol–water partition coefficient (Wildman–Crippen LogP) is 6.14. The third kappa shape index (κ3) is 8.65. The molecule has 0 aliphatic rings. The van der Waals surface area contributed by atoms with Gasteiger partial charge >= 0.3 is 12.4 Å². The number of ketones is 3. The van der Waals surface area contributed by atoms with Crippen molar-refractivity contribution in [3.8, 4) is 5.75 Å². The van der Waals surface area contributed by atoms with Gasteiger partial charge in [-0.05, 0) is 35.7 Å². The first-order valence-electron chi connectivity index (χ1n) is 12.2. The highest BCUT2D eigenvalue weighted by Crippen LogP contribution is 2.31. The molecule has 0 radical (unpaired) electrons. The summed E-state index contributed by atoms with van der Waals surface area (Å²) < 4.78 is 83.5. The minimum Gasteiger partial charge on any atom is -0.497 e. The van der Waals surface area contributed by atoms with Gasteiger partial charge < -0.3 is 10.1 Å². The van der Waals surface area contributed by atoms with Crippen molar-refractivity contribution in [2.45, 2.75) is 52.0 Å². The number of ether oxygens (including phenoxy) is 1. The number of nitrogens with one attached hydrogen (secondary N) is 1. The Hall–Kier alpha value is -3.70. The van der Waals surface area contributed by atoms with Crippen molar-refractivity contribution in [2.75, 3.05) is 7.11 Å². The zero-order valence-electron chi connectivity index (χ0n) is 22.2. The summed E-state index contributed by atoms with van der Waals surface area (Å²) in [4.78, 5) is 50.8. The third-order valence-corrected chi connectivity index (χ3v) is 6.35. The quantitative estimate of drug-likeness (QED) is 0.243. The maximum atomic E-state index is 13.2. The van der Waals surface area contributed by atoms with Crippen molar-refractivity contribution in [1.82, 2.24) is 5.32 Å². The lowest BCUT2D eigenvalue weighted by Gasteiger charge is -2.25. The lowest BCUT2D eigenvalue weighted by Crippen LogP contribution is -2.40. The fraction of sp³-hybridized carbons (Fsp3) is 0.429. The van der Waals surface area contributed by atoms with Gasteiger partial charge in [-0.1, -0.05) is 45.0 Å². The minimum absolute atomic E-state index is 0.192. The van der Waals surface area contributed by atoms with Crippen LogP contribution in [0.5, 0.6) is 5.75 Å². The van der Waals surface area contributed by atoms with Gasteiger partial charge in [-0.2, -0.15) is 26.3 Å². The number of halogens is 6. The smallest absolute Gasteiger partial charge is 0.450 e. The molecule has 0 fully saturated rings. The zero-order valence-corrected chi connectivity index (χ0v) is 22.2. The van der Waals surface area contributed by atoms with Gasteiger partial charge in [0.1, 0.15) is 11.8 Å². The number of carbonyl (C=O) groups is 4. The summed E-state index contributed by atoms with van der Waals surface area (Å²) in [6, 6.07) is 7.99. The van der Waals surface area contributed by atoms with Crippen molar-refractivity contribution in [3.63, 3.8) is 0 Å². The van der Waals surface area contributed by atoms with Gasteiger partial charge in [0.05, 0.1) is 12.7 Å². The minimum atomic E-state index is -5.16. The molecular weight excluding hydrogens is 544 g/mol. The number of methoxy groups -OCH3 is 1. The molecule has 0 unspecified atom stereocenters. The Morgan fingerprint density at radius 2 is 1.48 bits per heavy atom. The molecule has 1 amide bonds. The van der Waals surface area contributed by atoms with Gasteiger partial charge in [0, 0.05) is 30.2 Å². The van der Waals surface area contributed by atoms with Gasteiger partial charge in [-0.25, -0.2) is 0 Å². The molecule has 0 heterocycles. The van der Waals surface area contributed by atoms with E-state index in [-0.39, 0.29) is 11.1 Å². The number of hydrogen-bond donors (Lipinski definition) is 1. The molecule has 218 valence electrons. The van der Waals surface area contributed by atoms with Crippen LogP contribution in [0.1, 0.15) is 61.1 Å². The SMILES string of the molecule is COc1ccc([C@H](NC(=O)[C@H](C)CC(=O)c2cccc(C(F)(F)F)c2)C(=O)C[C@H](C(=O)C(F)(F)F)C(C)C)cc1. The first-order valence-corrected chi connectivity index (χ1v) is 12.2.